The summed E-state index contributed by atoms with van der Waals surface area (Å²) in [6.45, 7) is 5.55. The van der Waals surface area contributed by atoms with Gasteiger partial charge in [0, 0.05) is 25.8 Å². The van der Waals surface area contributed by atoms with Crippen LogP contribution in [0.3, 0.4) is 0 Å². The summed E-state index contributed by atoms with van der Waals surface area (Å²) < 4.78 is 0. The predicted molar refractivity (Wildman–Crippen MR) is 76.8 cm³/mol. The molecule has 0 amide bonds. The molecule has 1 aliphatic rings. The number of nitrogens with zero attached hydrogens (tertiary/aromatic N) is 2. The molecule has 0 spiro atoms. The van der Waals surface area contributed by atoms with Crippen molar-refractivity contribution >= 4 is 5.82 Å². The smallest absolute Gasteiger partial charge is 0.128 e. The Morgan fingerprint density at radius 1 is 1.39 bits per heavy atom. The maximum Gasteiger partial charge on any atom is 0.128 e. The molecular weight excluding hydrogens is 222 g/mol. The van der Waals surface area contributed by atoms with Crippen molar-refractivity contribution in [3.05, 3.63) is 23.9 Å². The lowest BCUT2D eigenvalue weighted by molar-refractivity contribution is 0.459. The summed E-state index contributed by atoms with van der Waals surface area (Å²) in [5.74, 6) is 2.06. The van der Waals surface area contributed by atoms with Gasteiger partial charge >= 0.3 is 0 Å². The molecule has 18 heavy (non-hydrogen) atoms. The lowest BCUT2D eigenvalue weighted by atomic mass is 9.98. The fraction of sp³-hybridized carbons (Fsp3) is 0.667. The maximum absolute atomic E-state index is 4.54. The second-order valence-electron chi connectivity index (χ2n) is 5.24. The Morgan fingerprint density at radius 2 is 2.28 bits per heavy atom. The molecule has 1 fully saturated rings. The van der Waals surface area contributed by atoms with Crippen LogP contribution < -0.4 is 10.2 Å². The van der Waals surface area contributed by atoms with E-state index in [1.54, 1.807) is 0 Å². The van der Waals surface area contributed by atoms with Crippen molar-refractivity contribution in [2.75, 3.05) is 25.0 Å². The molecule has 1 unspecified atom stereocenters. The third-order valence-corrected chi connectivity index (χ3v) is 3.94. The van der Waals surface area contributed by atoms with Gasteiger partial charge in [-0.25, -0.2) is 4.98 Å². The summed E-state index contributed by atoms with van der Waals surface area (Å²) in [6.07, 6.45) is 7.25. The van der Waals surface area contributed by atoms with Crippen LogP contribution in [0.2, 0.25) is 0 Å². The van der Waals surface area contributed by atoms with Gasteiger partial charge in [-0.15, -0.1) is 0 Å². The zero-order chi connectivity index (χ0) is 12.8. The van der Waals surface area contributed by atoms with E-state index < -0.39 is 0 Å². The van der Waals surface area contributed by atoms with Gasteiger partial charge in [-0.05, 0) is 49.9 Å². The number of pyridine rings is 1. The van der Waals surface area contributed by atoms with Crippen LogP contribution in [0.15, 0.2) is 18.3 Å². The van der Waals surface area contributed by atoms with Crippen molar-refractivity contribution in [2.45, 2.75) is 39.2 Å². The Hall–Kier alpha value is -1.09. The first kappa shape index (κ1) is 13.3. The molecule has 1 aromatic heterocycles. The standard InChI is InChI=1S/C15H25N3/c1-3-13-5-4-9-18(10-7-13)15-11-14(12-16-2)6-8-17-15/h6,8,11,13,16H,3-5,7,9-10,12H2,1-2H3. The number of anilines is 1. The van der Waals surface area contributed by atoms with Crippen molar-refractivity contribution in [1.82, 2.24) is 10.3 Å². The van der Waals surface area contributed by atoms with Crippen molar-refractivity contribution in [2.24, 2.45) is 5.92 Å². The van der Waals surface area contributed by atoms with E-state index in [1.165, 1.54) is 31.2 Å². The third-order valence-electron chi connectivity index (χ3n) is 3.94. The Bertz CT molecular complexity index is 365. The molecule has 1 saturated heterocycles. The van der Waals surface area contributed by atoms with Crippen molar-refractivity contribution in [3.63, 3.8) is 0 Å². The first-order valence-electron chi connectivity index (χ1n) is 7.18. The molecule has 1 aromatic rings. The van der Waals surface area contributed by atoms with E-state index in [-0.39, 0.29) is 0 Å². The Labute approximate surface area is 111 Å². The van der Waals surface area contributed by atoms with E-state index in [4.69, 9.17) is 0 Å². The molecule has 0 aromatic carbocycles. The van der Waals surface area contributed by atoms with Gasteiger partial charge in [-0.2, -0.15) is 0 Å². The van der Waals surface area contributed by atoms with Crippen LogP contribution in [0.5, 0.6) is 0 Å². The number of rotatable bonds is 4. The van der Waals surface area contributed by atoms with Gasteiger partial charge in [-0.3, -0.25) is 0 Å². The van der Waals surface area contributed by atoms with Crippen molar-refractivity contribution < 1.29 is 0 Å². The van der Waals surface area contributed by atoms with Crippen LogP contribution in [0, 0.1) is 5.92 Å². The van der Waals surface area contributed by atoms with E-state index in [0.29, 0.717) is 0 Å². The third kappa shape index (κ3) is 3.45. The molecule has 2 heterocycles. The van der Waals surface area contributed by atoms with E-state index in [1.807, 2.05) is 13.2 Å². The molecule has 0 radical (unpaired) electrons. The van der Waals surface area contributed by atoms with Crippen LogP contribution in [-0.4, -0.2) is 25.1 Å². The lowest BCUT2D eigenvalue weighted by Crippen LogP contribution is -2.25. The van der Waals surface area contributed by atoms with Gasteiger partial charge in [0.2, 0.25) is 0 Å². The van der Waals surface area contributed by atoms with Gasteiger partial charge < -0.3 is 10.2 Å². The minimum atomic E-state index is 0.912. The second kappa shape index (κ2) is 6.74. The predicted octanol–water partition coefficient (Wildman–Crippen LogP) is 2.82. The minimum Gasteiger partial charge on any atom is -0.357 e. The quantitative estimate of drug-likeness (QED) is 0.887. The van der Waals surface area contributed by atoms with Crippen LogP contribution in [0.4, 0.5) is 5.82 Å². The summed E-state index contributed by atoms with van der Waals surface area (Å²) in [4.78, 5) is 6.99. The first-order chi connectivity index (χ1) is 8.83. The largest absolute Gasteiger partial charge is 0.357 e. The number of hydrogen-bond acceptors (Lipinski definition) is 3. The minimum absolute atomic E-state index is 0.912. The highest BCUT2D eigenvalue weighted by Crippen LogP contribution is 2.23. The topological polar surface area (TPSA) is 28.2 Å². The van der Waals surface area contributed by atoms with E-state index in [9.17, 15) is 0 Å². The van der Waals surface area contributed by atoms with E-state index in [0.717, 1.165) is 31.4 Å². The molecule has 1 N–H and O–H groups in total. The van der Waals surface area contributed by atoms with Gasteiger partial charge in [0.15, 0.2) is 0 Å². The average Bonchev–Trinajstić information content (AvgIpc) is 2.65. The first-order valence-corrected chi connectivity index (χ1v) is 7.18. The number of aromatic nitrogens is 1. The average molecular weight is 247 g/mol. The lowest BCUT2D eigenvalue weighted by Gasteiger charge is -2.22. The zero-order valence-corrected chi connectivity index (χ0v) is 11.7. The highest BCUT2D eigenvalue weighted by atomic mass is 15.2. The highest BCUT2D eigenvalue weighted by molar-refractivity contribution is 5.41. The summed E-state index contributed by atoms with van der Waals surface area (Å²) >= 11 is 0. The Kier molecular flexibility index (Phi) is 5.00. The van der Waals surface area contributed by atoms with Crippen molar-refractivity contribution in [3.8, 4) is 0 Å². The molecule has 3 heteroatoms. The molecule has 3 nitrogen and oxygen atoms in total. The van der Waals surface area contributed by atoms with Gasteiger partial charge in [0.1, 0.15) is 5.82 Å². The van der Waals surface area contributed by atoms with Gasteiger partial charge in [-0.1, -0.05) is 13.3 Å². The van der Waals surface area contributed by atoms with Gasteiger partial charge in [0.25, 0.3) is 0 Å². The molecule has 1 aliphatic heterocycles. The summed E-state index contributed by atoms with van der Waals surface area (Å²) in [7, 11) is 1.98. The number of hydrogen-bond donors (Lipinski definition) is 1. The fourth-order valence-electron chi connectivity index (χ4n) is 2.75. The Balaban J connectivity index is 2.03. The maximum atomic E-state index is 4.54. The molecular formula is C15H25N3. The Morgan fingerprint density at radius 3 is 3.06 bits per heavy atom. The molecule has 2 rings (SSSR count). The van der Waals surface area contributed by atoms with E-state index >= 15 is 0 Å². The monoisotopic (exact) mass is 247 g/mol. The SMILES string of the molecule is CCC1CCCN(c2cc(CNC)ccn2)CC1. The molecule has 0 aliphatic carbocycles. The van der Waals surface area contributed by atoms with Crippen LogP contribution >= 0.6 is 0 Å². The highest BCUT2D eigenvalue weighted by Gasteiger charge is 2.16. The van der Waals surface area contributed by atoms with Crippen LogP contribution in [-0.2, 0) is 6.54 Å². The fourth-order valence-corrected chi connectivity index (χ4v) is 2.75. The zero-order valence-electron chi connectivity index (χ0n) is 11.7. The second-order valence-corrected chi connectivity index (χ2v) is 5.24. The molecule has 1 atom stereocenters. The summed E-state index contributed by atoms with van der Waals surface area (Å²) in [5.41, 5.74) is 1.32. The van der Waals surface area contributed by atoms with Gasteiger partial charge in [0.05, 0.1) is 0 Å². The summed E-state index contributed by atoms with van der Waals surface area (Å²) in [5, 5.41) is 3.20. The van der Waals surface area contributed by atoms with Crippen LogP contribution in [0.1, 0.15) is 38.2 Å². The number of nitrogens with one attached hydrogen (secondary N) is 1. The normalized spacial score (nSPS) is 20.8. The van der Waals surface area contributed by atoms with Crippen molar-refractivity contribution in [1.29, 1.82) is 0 Å². The molecule has 0 saturated carbocycles. The molecule has 100 valence electrons. The molecule has 0 bridgehead atoms. The summed E-state index contributed by atoms with van der Waals surface area (Å²) in [6, 6.07) is 4.31. The van der Waals surface area contributed by atoms with E-state index in [2.05, 4.69) is 34.3 Å². The van der Waals surface area contributed by atoms with Crippen LogP contribution in [0.25, 0.3) is 0 Å².